The summed E-state index contributed by atoms with van der Waals surface area (Å²) in [6, 6.07) is 0. The van der Waals surface area contributed by atoms with Gasteiger partial charge < -0.3 is 10.6 Å². The molecule has 104 valence electrons. The van der Waals surface area contributed by atoms with Gasteiger partial charge in [-0.2, -0.15) is 0 Å². The molecule has 0 radical (unpaired) electrons. The molecule has 1 saturated carbocycles. The number of halogens is 2. The van der Waals surface area contributed by atoms with Crippen molar-refractivity contribution in [2.24, 2.45) is 11.7 Å². The molecule has 0 aromatic rings. The van der Waals surface area contributed by atoms with Gasteiger partial charge in [0.2, 0.25) is 11.8 Å². The lowest BCUT2D eigenvalue weighted by molar-refractivity contribution is -0.139. The zero-order valence-electron chi connectivity index (χ0n) is 10.6. The normalized spacial score (nSPS) is 19.5. The van der Waals surface area contributed by atoms with Crippen LogP contribution in [0, 0.1) is 5.92 Å². The maximum absolute atomic E-state index is 13.0. The third-order valence-electron chi connectivity index (χ3n) is 3.22. The molecule has 0 unspecified atom stereocenters. The molecule has 0 aliphatic heterocycles. The molecule has 1 aliphatic carbocycles. The van der Waals surface area contributed by atoms with Crippen LogP contribution in [-0.4, -0.2) is 34.8 Å². The molecule has 0 atom stereocenters. The first-order valence-corrected chi connectivity index (χ1v) is 6.71. The summed E-state index contributed by atoms with van der Waals surface area (Å²) in [6.45, 7) is 2.77. The zero-order valence-corrected chi connectivity index (χ0v) is 11.4. The van der Waals surface area contributed by atoms with Gasteiger partial charge in [-0.15, -0.1) is 0 Å². The molecule has 3 nitrogen and oxygen atoms in total. The van der Waals surface area contributed by atoms with Gasteiger partial charge in [0.05, 0.1) is 11.5 Å². The van der Waals surface area contributed by atoms with E-state index in [1.807, 2.05) is 6.92 Å². The fourth-order valence-electron chi connectivity index (χ4n) is 2.27. The SMILES string of the molecule is CCCN(CC(N)=S)C(=O)C1CCC(F)(F)CC1. The number of hydrogen-bond donors (Lipinski definition) is 1. The second-order valence-electron chi connectivity index (χ2n) is 4.86. The van der Waals surface area contributed by atoms with Crippen molar-refractivity contribution in [2.75, 3.05) is 13.1 Å². The summed E-state index contributed by atoms with van der Waals surface area (Å²) in [4.78, 5) is 14.1. The summed E-state index contributed by atoms with van der Waals surface area (Å²) >= 11 is 4.81. The van der Waals surface area contributed by atoms with Crippen LogP contribution >= 0.6 is 12.2 Å². The second kappa shape index (κ2) is 6.41. The second-order valence-corrected chi connectivity index (χ2v) is 5.38. The maximum atomic E-state index is 13.0. The highest BCUT2D eigenvalue weighted by Gasteiger charge is 2.38. The number of thiocarbonyl (C=S) groups is 1. The molecule has 0 aromatic carbocycles. The van der Waals surface area contributed by atoms with Crippen LogP contribution in [0.4, 0.5) is 8.78 Å². The molecule has 0 saturated heterocycles. The van der Waals surface area contributed by atoms with E-state index in [0.717, 1.165) is 6.42 Å². The molecule has 0 spiro atoms. The molecular weight excluding hydrogens is 258 g/mol. The largest absolute Gasteiger partial charge is 0.392 e. The van der Waals surface area contributed by atoms with Gasteiger partial charge in [0, 0.05) is 25.3 Å². The predicted octanol–water partition coefficient (Wildman–Crippen LogP) is 2.34. The Labute approximate surface area is 112 Å². The van der Waals surface area contributed by atoms with Gasteiger partial charge in [-0.05, 0) is 19.3 Å². The Morgan fingerprint density at radius 3 is 2.44 bits per heavy atom. The summed E-state index contributed by atoms with van der Waals surface area (Å²) in [5.41, 5.74) is 5.45. The van der Waals surface area contributed by atoms with Crippen molar-refractivity contribution in [2.45, 2.75) is 45.0 Å². The molecule has 0 bridgehead atoms. The summed E-state index contributed by atoms with van der Waals surface area (Å²) in [7, 11) is 0. The Kier molecular flexibility index (Phi) is 5.44. The zero-order chi connectivity index (χ0) is 13.8. The number of carbonyl (C=O) groups is 1. The lowest BCUT2D eigenvalue weighted by atomic mass is 9.86. The number of carbonyl (C=O) groups excluding carboxylic acids is 1. The van der Waals surface area contributed by atoms with Crippen LogP contribution < -0.4 is 5.73 Å². The fraction of sp³-hybridized carbons (Fsp3) is 0.833. The summed E-state index contributed by atoms with van der Waals surface area (Å²) < 4.78 is 26.1. The van der Waals surface area contributed by atoms with Crippen LogP contribution in [0.1, 0.15) is 39.0 Å². The van der Waals surface area contributed by atoms with Gasteiger partial charge >= 0.3 is 0 Å². The monoisotopic (exact) mass is 278 g/mol. The van der Waals surface area contributed by atoms with E-state index in [1.165, 1.54) is 0 Å². The van der Waals surface area contributed by atoms with E-state index in [0.29, 0.717) is 6.54 Å². The molecule has 6 heteroatoms. The van der Waals surface area contributed by atoms with E-state index in [-0.39, 0.29) is 49.0 Å². The number of amides is 1. The summed E-state index contributed by atoms with van der Waals surface area (Å²) in [5, 5.41) is 0. The number of hydrogen-bond acceptors (Lipinski definition) is 2. The Bertz CT molecular complexity index is 313. The van der Waals surface area contributed by atoms with E-state index in [2.05, 4.69) is 0 Å². The molecule has 18 heavy (non-hydrogen) atoms. The van der Waals surface area contributed by atoms with E-state index in [4.69, 9.17) is 18.0 Å². The Balaban J connectivity index is 2.58. The summed E-state index contributed by atoms with van der Waals surface area (Å²) in [6.07, 6.45) is 0.914. The van der Waals surface area contributed by atoms with Crippen LogP contribution in [0.15, 0.2) is 0 Å². The molecular formula is C12H20F2N2OS. The van der Waals surface area contributed by atoms with Gasteiger partial charge in [0.15, 0.2) is 0 Å². The van der Waals surface area contributed by atoms with Crippen molar-refractivity contribution in [3.05, 3.63) is 0 Å². The van der Waals surface area contributed by atoms with Gasteiger partial charge in [0.1, 0.15) is 0 Å². The van der Waals surface area contributed by atoms with Crippen LogP contribution in [-0.2, 0) is 4.79 Å². The Hall–Kier alpha value is -0.780. The van der Waals surface area contributed by atoms with Crippen LogP contribution in [0.5, 0.6) is 0 Å². The third-order valence-corrected chi connectivity index (χ3v) is 3.35. The van der Waals surface area contributed by atoms with Crippen LogP contribution in [0.3, 0.4) is 0 Å². The van der Waals surface area contributed by atoms with E-state index in [9.17, 15) is 13.6 Å². The minimum Gasteiger partial charge on any atom is -0.392 e. The topological polar surface area (TPSA) is 46.3 Å². The molecule has 0 aromatic heterocycles. The molecule has 1 aliphatic rings. The average molecular weight is 278 g/mol. The van der Waals surface area contributed by atoms with Crippen molar-refractivity contribution < 1.29 is 13.6 Å². The highest BCUT2D eigenvalue weighted by molar-refractivity contribution is 7.80. The maximum Gasteiger partial charge on any atom is 0.248 e. The molecule has 2 N–H and O–H groups in total. The van der Waals surface area contributed by atoms with Gasteiger partial charge in [-0.1, -0.05) is 19.1 Å². The van der Waals surface area contributed by atoms with Crippen molar-refractivity contribution >= 4 is 23.1 Å². The Morgan fingerprint density at radius 1 is 1.44 bits per heavy atom. The van der Waals surface area contributed by atoms with Crippen LogP contribution in [0.25, 0.3) is 0 Å². The lowest BCUT2D eigenvalue weighted by Crippen LogP contribution is -2.43. The first kappa shape index (κ1) is 15.3. The first-order chi connectivity index (χ1) is 8.35. The van der Waals surface area contributed by atoms with Gasteiger partial charge in [-0.3, -0.25) is 4.79 Å². The average Bonchev–Trinajstić information content (AvgIpc) is 2.27. The predicted molar refractivity (Wildman–Crippen MR) is 70.6 cm³/mol. The van der Waals surface area contributed by atoms with Crippen molar-refractivity contribution in [1.82, 2.24) is 4.90 Å². The van der Waals surface area contributed by atoms with Crippen molar-refractivity contribution in [3.63, 3.8) is 0 Å². The standard InChI is InChI=1S/C12H20F2N2OS/c1-2-7-16(8-10(15)18)11(17)9-3-5-12(13,14)6-4-9/h9H,2-8H2,1H3,(H2,15,18). The quantitative estimate of drug-likeness (QED) is 0.785. The van der Waals surface area contributed by atoms with Crippen molar-refractivity contribution in [3.8, 4) is 0 Å². The molecule has 1 rings (SSSR count). The minimum absolute atomic E-state index is 0.0832. The van der Waals surface area contributed by atoms with E-state index < -0.39 is 5.92 Å². The lowest BCUT2D eigenvalue weighted by Gasteiger charge is -2.31. The summed E-state index contributed by atoms with van der Waals surface area (Å²) in [5.74, 6) is -2.99. The highest BCUT2D eigenvalue weighted by atomic mass is 32.1. The molecule has 0 heterocycles. The first-order valence-electron chi connectivity index (χ1n) is 6.30. The van der Waals surface area contributed by atoms with Gasteiger partial charge in [0.25, 0.3) is 0 Å². The number of nitrogens with two attached hydrogens (primary N) is 1. The number of nitrogens with zero attached hydrogens (tertiary/aromatic N) is 1. The minimum atomic E-state index is -2.60. The molecule has 1 fully saturated rings. The number of alkyl halides is 2. The third kappa shape index (κ3) is 4.48. The van der Waals surface area contributed by atoms with Crippen LogP contribution in [0.2, 0.25) is 0 Å². The highest BCUT2D eigenvalue weighted by Crippen LogP contribution is 2.36. The number of rotatable bonds is 5. The Morgan fingerprint density at radius 2 is 2.00 bits per heavy atom. The van der Waals surface area contributed by atoms with E-state index in [1.54, 1.807) is 4.90 Å². The van der Waals surface area contributed by atoms with Gasteiger partial charge in [-0.25, -0.2) is 8.78 Å². The fourth-order valence-corrected chi connectivity index (χ4v) is 2.43. The molecule has 1 amide bonds. The van der Waals surface area contributed by atoms with Crippen molar-refractivity contribution in [1.29, 1.82) is 0 Å². The smallest absolute Gasteiger partial charge is 0.248 e. The van der Waals surface area contributed by atoms with E-state index >= 15 is 0 Å².